The van der Waals surface area contributed by atoms with Crippen LogP contribution < -0.4 is 0 Å². The summed E-state index contributed by atoms with van der Waals surface area (Å²) in [5.41, 5.74) is 1.31. The Kier molecular flexibility index (Phi) is 4.88. The third kappa shape index (κ3) is 3.38. The van der Waals surface area contributed by atoms with Crippen molar-refractivity contribution in [2.24, 2.45) is 5.92 Å². The van der Waals surface area contributed by atoms with Crippen LogP contribution in [0.5, 0.6) is 0 Å². The monoisotopic (exact) mass is 321 g/mol. The fourth-order valence-electron chi connectivity index (χ4n) is 3.86. The number of hydrogen-bond acceptors (Lipinski definition) is 2. The van der Waals surface area contributed by atoms with Crippen LogP contribution in [0.4, 0.5) is 0 Å². The van der Waals surface area contributed by atoms with Crippen molar-refractivity contribution in [1.82, 2.24) is 4.31 Å². The minimum Gasteiger partial charge on any atom is -0.207 e. The van der Waals surface area contributed by atoms with Gasteiger partial charge in [0.25, 0.3) is 0 Å². The predicted molar refractivity (Wildman–Crippen MR) is 89.4 cm³/mol. The van der Waals surface area contributed by atoms with E-state index in [-0.39, 0.29) is 0 Å². The molecule has 1 saturated heterocycles. The highest BCUT2D eigenvalue weighted by Gasteiger charge is 2.28. The predicted octanol–water partition coefficient (Wildman–Crippen LogP) is 4.15. The van der Waals surface area contributed by atoms with Gasteiger partial charge >= 0.3 is 0 Å². The van der Waals surface area contributed by atoms with E-state index in [4.69, 9.17) is 0 Å². The number of benzene rings is 1. The Balaban J connectivity index is 1.76. The lowest BCUT2D eigenvalue weighted by Gasteiger charge is -2.30. The molecule has 1 aromatic rings. The molecule has 0 unspecified atom stereocenters. The summed E-state index contributed by atoms with van der Waals surface area (Å²) in [6.07, 6.45) is 8.54. The molecule has 3 rings (SSSR count). The van der Waals surface area contributed by atoms with Crippen LogP contribution in [-0.4, -0.2) is 25.8 Å². The molecule has 2 fully saturated rings. The van der Waals surface area contributed by atoms with Gasteiger partial charge in [0, 0.05) is 13.1 Å². The molecule has 1 aliphatic carbocycles. The van der Waals surface area contributed by atoms with Gasteiger partial charge in [-0.25, -0.2) is 8.42 Å². The second-order valence-corrected chi connectivity index (χ2v) is 8.95. The van der Waals surface area contributed by atoms with E-state index in [1.807, 2.05) is 24.3 Å². The Labute approximate surface area is 134 Å². The molecule has 22 heavy (non-hydrogen) atoms. The fraction of sp³-hybridized carbons (Fsp3) is 0.667. The first-order valence-electron chi connectivity index (χ1n) is 8.67. The van der Waals surface area contributed by atoms with Crippen LogP contribution in [0.3, 0.4) is 0 Å². The van der Waals surface area contributed by atoms with Gasteiger partial charge in [0.2, 0.25) is 10.0 Å². The van der Waals surface area contributed by atoms with Crippen molar-refractivity contribution in [2.75, 3.05) is 13.1 Å². The molecular formula is C18H27NO2S. The van der Waals surface area contributed by atoms with Gasteiger partial charge < -0.3 is 0 Å². The molecule has 1 aliphatic heterocycles. The summed E-state index contributed by atoms with van der Waals surface area (Å²) in [6.45, 7) is 3.46. The highest BCUT2D eigenvalue weighted by molar-refractivity contribution is 7.89. The number of sulfonamides is 1. The molecule has 0 bridgehead atoms. The molecule has 0 aromatic heterocycles. The second kappa shape index (κ2) is 6.71. The maximum absolute atomic E-state index is 12.7. The normalized spacial score (nSPS) is 25.2. The van der Waals surface area contributed by atoms with Gasteiger partial charge in [-0.3, -0.25) is 0 Å². The topological polar surface area (TPSA) is 37.4 Å². The Morgan fingerprint density at radius 3 is 2.27 bits per heavy atom. The summed E-state index contributed by atoms with van der Waals surface area (Å²) in [4.78, 5) is 0.459. The standard InChI is InChI=1S/C18H27NO2S/c1-15-6-5-13-19(14-15)22(20,21)18-11-9-17(10-12-18)16-7-3-2-4-8-16/h9-12,15-16H,2-8,13-14H2,1H3/t15-/m1/s1. The molecule has 0 amide bonds. The largest absolute Gasteiger partial charge is 0.243 e. The summed E-state index contributed by atoms with van der Waals surface area (Å²) in [5.74, 6) is 1.09. The third-order valence-corrected chi connectivity index (χ3v) is 7.09. The summed E-state index contributed by atoms with van der Waals surface area (Å²) in [6, 6.07) is 7.71. The SMILES string of the molecule is C[C@@H]1CCCN(S(=O)(=O)c2ccc(C3CCCCC3)cc2)C1. The van der Waals surface area contributed by atoms with Gasteiger partial charge in [-0.1, -0.05) is 38.3 Å². The Morgan fingerprint density at radius 1 is 0.955 bits per heavy atom. The lowest BCUT2D eigenvalue weighted by atomic mass is 9.84. The van der Waals surface area contributed by atoms with Crippen molar-refractivity contribution in [1.29, 1.82) is 0 Å². The van der Waals surface area contributed by atoms with Crippen LogP contribution in [0.2, 0.25) is 0 Å². The van der Waals surface area contributed by atoms with E-state index in [1.54, 1.807) is 4.31 Å². The molecule has 1 saturated carbocycles. The minimum atomic E-state index is -3.31. The van der Waals surface area contributed by atoms with Crippen LogP contribution in [0.15, 0.2) is 29.2 Å². The lowest BCUT2D eigenvalue weighted by molar-refractivity contribution is 0.281. The summed E-state index contributed by atoms with van der Waals surface area (Å²) < 4.78 is 27.2. The maximum atomic E-state index is 12.7. The number of nitrogens with zero attached hydrogens (tertiary/aromatic N) is 1. The van der Waals surface area contributed by atoms with Gasteiger partial charge in [0.15, 0.2) is 0 Å². The molecule has 0 N–H and O–H groups in total. The first-order chi connectivity index (χ1) is 10.6. The molecule has 3 nitrogen and oxygen atoms in total. The quantitative estimate of drug-likeness (QED) is 0.838. The van der Waals surface area contributed by atoms with Gasteiger partial charge in [-0.15, -0.1) is 0 Å². The fourth-order valence-corrected chi connectivity index (χ4v) is 5.46. The summed E-state index contributed by atoms with van der Waals surface area (Å²) in [5, 5.41) is 0. The molecule has 1 atom stereocenters. The average Bonchev–Trinajstić information content (AvgIpc) is 2.56. The number of piperidine rings is 1. The average molecular weight is 321 g/mol. The van der Waals surface area contributed by atoms with E-state index in [2.05, 4.69) is 6.92 Å². The van der Waals surface area contributed by atoms with E-state index < -0.39 is 10.0 Å². The van der Waals surface area contributed by atoms with Gasteiger partial charge in [-0.2, -0.15) is 4.31 Å². The van der Waals surface area contributed by atoms with Crippen molar-refractivity contribution in [2.45, 2.75) is 62.7 Å². The molecule has 2 aliphatic rings. The van der Waals surface area contributed by atoms with Crippen molar-refractivity contribution in [3.8, 4) is 0 Å². The Morgan fingerprint density at radius 2 is 1.64 bits per heavy atom. The maximum Gasteiger partial charge on any atom is 0.243 e. The minimum absolute atomic E-state index is 0.459. The van der Waals surface area contributed by atoms with E-state index in [0.29, 0.717) is 29.8 Å². The van der Waals surface area contributed by atoms with E-state index in [0.717, 1.165) is 12.8 Å². The highest BCUT2D eigenvalue weighted by atomic mass is 32.2. The molecule has 1 aromatic carbocycles. The molecule has 0 radical (unpaired) electrons. The highest BCUT2D eigenvalue weighted by Crippen LogP contribution is 2.33. The van der Waals surface area contributed by atoms with Crippen molar-refractivity contribution in [3.05, 3.63) is 29.8 Å². The lowest BCUT2D eigenvalue weighted by Crippen LogP contribution is -2.39. The second-order valence-electron chi connectivity index (χ2n) is 7.01. The molecule has 0 spiro atoms. The van der Waals surface area contributed by atoms with E-state index >= 15 is 0 Å². The van der Waals surface area contributed by atoms with Crippen molar-refractivity contribution in [3.63, 3.8) is 0 Å². The van der Waals surface area contributed by atoms with Crippen molar-refractivity contribution < 1.29 is 8.42 Å². The third-order valence-electron chi connectivity index (χ3n) is 5.21. The van der Waals surface area contributed by atoms with Gasteiger partial charge in [-0.05, 0) is 55.2 Å². The number of hydrogen-bond donors (Lipinski definition) is 0. The Bertz CT molecular complexity index is 588. The van der Waals surface area contributed by atoms with Crippen LogP contribution in [0.1, 0.15) is 63.4 Å². The molecular weight excluding hydrogens is 294 g/mol. The van der Waals surface area contributed by atoms with Crippen LogP contribution >= 0.6 is 0 Å². The zero-order valence-corrected chi connectivity index (χ0v) is 14.3. The van der Waals surface area contributed by atoms with Crippen LogP contribution in [0, 0.1) is 5.92 Å². The zero-order valence-electron chi connectivity index (χ0n) is 13.5. The molecule has 1 heterocycles. The zero-order chi connectivity index (χ0) is 15.6. The van der Waals surface area contributed by atoms with Crippen LogP contribution in [-0.2, 0) is 10.0 Å². The van der Waals surface area contributed by atoms with Crippen molar-refractivity contribution >= 4 is 10.0 Å². The summed E-state index contributed by atoms with van der Waals surface area (Å²) in [7, 11) is -3.31. The van der Waals surface area contributed by atoms with Gasteiger partial charge in [0.05, 0.1) is 4.90 Å². The Hall–Kier alpha value is -0.870. The molecule has 4 heteroatoms. The van der Waals surface area contributed by atoms with Gasteiger partial charge in [0.1, 0.15) is 0 Å². The van der Waals surface area contributed by atoms with E-state index in [9.17, 15) is 8.42 Å². The first-order valence-corrected chi connectivity index (χ1v) is 10.1. The smallest absolute Gasteiger partial charge is 0.207 e. The number of rotatable bonds is 3. The first kappa shape index (κ1) is 16.0. The summed E-state index contributed by atoms with van der Waals surface area (Å²) >= 11 is 0. The van der Waals surface area contributed by atoms with Crippen LogP contribution in [0.25, 0.3) is 0 Å². The molecule has 122 valence electrons. The van der Waals surface area contributed by atoms with E-state index in [1.165, 1.54) is 37.7 Å².